The number of likely N-dealkylation sites (N-methyl/N-ethyl adjacent to an activating group) is 1. The van der Waals surface area contributed by atoms with Gasteiger partial charge in [-0.3, -0.25) is 14.6 Å². The molecule has 7 heteroatoms. The fourth-order valence-electron chi connectivity index (χ4n) is 3.23. The van der Waals surface area contributed by atoms with Crippen LogP contribution in [0, 0.1) is 0 Å². The van der Waals surface area contributed by atoms with Crippen molar-refractivity contribution in [3.63, 3.8) is 0 Å². The van der Waals surface area contributed by atoms with Gasteiger partial charge in [-0.05, 0) is 38.1 Å². The van der Waals surface area contributed by atoms with Gasteiger partial charge in [-0.1, -0.05) is 12.1 Å². The maximum atomic E-state index is 12.7. The maximum absolute atomic E-state index is 12.7. The summed E-state index contributed by atoms with van der Waals surface area (Å²) in [5.41, 5.74) is 2.22. The summed E-state index contributed by atoms with van der Waals surface area (Å²) < 4.78 is 1.91. The van der Waals surface area contributed by atoms with Crippen molar-refractivity contribution >= 4 is 22.8 Å². The standard InChI is InChI=1S/C21H25N5O2/c1-4-25(5-2)20(27)15-26-18-11-7-6-10-17(18)23-19(26)14-24(3)21(28)16-9-8-12-22-13-16/h6-13H,4-5,14-15H2,1-3H3. The van der Waals surface area contributed by atoms with E-state index in [-0.39, 0.29) is 18.4 Å². The summed E-state index contributed by atoms with van der Waals surface area (Å²) in [6.45, 7) is 5.76. The van der Waals surface area contributed by atoms with Crippen LogP contribution < -0.4 is 0 Å². The van der Waals surface area contributed by atoms with Crippen LogP contribution >= 0.6 is 0 Å². The number of amides is 2. The van der Waals surface area contributed by atoms with Crippen molar-refractivity contribution in [1.82, 2.24) is 24.3 Å². The summed E-state index contributed by atoms with van der Waals surface area (Å²) in [4.78, 5) is 37.4. The Bertz CT molecular complexity index is 963. The van der Waals surface area contributed by atoms with Crippen molar-refractivity contribution in [3.05, 3.63) is 60.2 Å². The third kappa shape index (κ3) is 4.03. The van der Waals surface area contributed by atoms with Crippen molar-refractivity contribution in [2.24, 2.45) is 0 Å². The molecule has 28 heavy (non-hydrogen) atoms. The molecule has 0 atom stereocenters. The highest BCUT2D eigenvalue weighted by Gasteiger charge is 2.20. The van der Waals surface area contributed by atoms with Gasteiger partial charge in [-0.25, -0.2) is 4.98 Å². The molecule has 0 fully saturated rings. The fourth-order valence-corrected chi connectivity index (χ4v) is 3.23. The molecule has 3 aromatic rings. The van der Waals surface area contributed by atoms with E-state index in [0.29, 0.717) is 31.0 Å². The van der Waals surface area contributed by atoms with Gasteiger partial charge in [0.1, 0.15) is 12.4 Å². The minimum atomic E-state index is -0.137. The van der Waals surface area contributed by atoms with Gasteiger partial charge in [0.15, 0.2) is 0 Å². The molecular formula is C21H25N5O2. The molecule has 146 valence electrons. The van der Waals surface area contributed by atoms with Gasteiger partial charge in [0, 0.05) is 32.5 Å². The smallest absolute Gasteiger partial charge is 0.255 e. The molecular weight excluding hydrogens is 354 g/mol. The SMILES string of the molecule is CCN(CC)C(=O)Cn1c(CN(C)C(=O)c2cccnc2)nc2ccccc21. The van der Waals surface area contributed by atoms with Crippen LogP contribution in [0.4, 0.5) is 0 Å². The number of hydrogen-bond acceptors (Lipinski definition) is 4. The Hall–Kier alpha value is -3.22. The Balaban J connectivity index is 1.90. The number of hydrogen-bond donors (Lipinski definition) is 0. The monoisotopic (exact) mass is 379 g/mol. The fraction of sp³-hybridized carbons (Fsp3) is 0.333. The van der Waals surface area contributed by atoms with Crippen LogP contribution in [0.15, 0.2) is 48.8 Å². The number of pyridine rings is 1. The van der Waals surface area contributed by atoms with Crippen LogP contribution in [0.1, 0.15) is 30.0 Å². The molecule has 2 heterocycles. The van der Waals surface area contributed by atoms with Crippen molar-refractivity contribution in [1.29, 1.82) is 0 Å². The Morgan fingerprint density at radius 3 is 2.50 bits per heavy atom. The Labute approximate surface area is 164 Å². The number of benzene rings is 1. The average Bonchev–Trinajstić information content (AvgIpc) is 3.06. The average molecular weight is 379 g/mol. The van der Waals surface area contributed by atoms with Gasteiger partial charge < -0.3 is 14.4 Å². The normalized spacial score (nSPS) is 10.8. The minimum Gasteiger partial charge on any atom is -0.342 e. The number of aromatic nitrogens is 3. The van der Waals surface area contributed by atoms with Crippen LogP contribution in [0.25, 0.3) is 11.0 Å². The van der Waals surface area contributed by atoms with Gasteiger partial charge in [-0.15, -0.1) is 0 Å². The highest BCUT2D eigenvalue weighted by molar-refractivity contribution is 5.93. The second kappa shape index (κ2) is 8.65. The lowest BCUT2D eigenvalue weighted by molar-refractivity contribution is -0.131. The van der Waals surface area contributed by atoms with Gasteiger partial charge in [0.05, 0.1) is 23.1 Å². The van der Waals surface area contributed by atoms with E-state index in [1.54, 1.807) is 41.4 Å². The van der Waals surface area contributed by atoms with Crippen LogP contribution in [0.2, 0.25) is 0 Å². The molecule has 0 aliphatic carbocycles. The first-order chi connectivity index (χ1) is 13.5. The number of fused-ring (bicyclic) bond motifs is 1. The van der Waals surface area contributed by atoms with E-state index in [4.69, 9.17) is 0 Å². The van der Waals surface area contributed by atoms with Crippen molar-refractivity contribution in [2.45, 2.75) is 26.9 Å². The highest BCUT2D eigenvalue weighted by Crippen LogP contribution is 2.18. The van der Waals surface area contributed by atoms with E-state index in [1.807, 2.05) is 42.7 Å². The Morgan fingerprint density at radius 1 is 1.07 bits per heavy atom. The zero-order chi connectivity index (χ0) is 20.1. The van der Waals surface area contributed by atoms with E-state index in [9.17, 15) is 9.59 Å². The molecule has 0 radical (unpaired) electrons. The minimum absolute atomic E-state index is 0.0376. The number of carbonyl (C=O) groups excluding carboxylic acids is 2. The molecule has 0 aliphatic heterocycles. The first kappa shape index (κ1) is 19.5. The number of rotatable bonds is 7. The predicted octanol–water partition coefficient (Wildman–Crippen LogP) is 2.57. The molecule has 0 bridgehead atoms. The molecule has 2 aromatic heterocycles. The Morgan fingerprint density at radius 2 is 1.82 bits per heavy atom. The molecule has 3 rings (SSSR count). The van der Waals surface area contributed by atoms with Crippen molar-refractivity contribution < 1.29 is 9.59 Å². The second-order valence-corrected chi connectivity index (χ2v) is 6.57. The largest absolute Gasteiger partial charge is 0.342 e. The van der Waals surface area contributed by atoms with Gasteiger partial charge in [-0.2, -0.15) is 0 Å². The molecule has 1 aromatic carbocycles. The molecule has 0 aliphatic rings. The zero-order valence-corrected chi connectivity index (χ0v) is 16.5. The lowest BCUT2D eigenvalue weighted by atomic mass is 10.2. The third-order valence-corrected chi connectivity index (χ3v) is 4.78. The van der Waals surface area contributed by atoms with E-state index in [0.717, 1.165) is 11.0 Å². The van der Waals surface area contributed by atoms with E-state index in [2.05, 4.69) is 9.97 Å². The second-order valence-electron chi connectivity index (χ2n) is 6.57. The van der Waals surface area contributed by atoms with Crippen LogP contribution in [-0.2, 0) is 17.9 Å². The summed E-state index contributed by atoms with van der Waals surface area (Å²) in [6.07, 6.45) is 3.18. The first-order valence-electron chi connectivity index (χ1n) is 9.42. The molecule has 0 saturated carbocycles. The number of para-hydroxylation sites is 2. The Kier molecular flexibility index (Phi) is 6.03. The van der Waals surface area contributed by atoms with Crippen LogP contribution in [0.3, 0.4) is 0 Å². The molecule has 0 saturated heterocycles. The first-order valence-corrected chi connectivity index (χ1v) is 9.42. The lowest BCUT2D eigenvalue weighted by Crippen LogP contribution is -2.34. The van der Waals surface area contributed by atoms with E-state index >= 15 is 0 Å². The van der Waals surface area contributed by atoms with Crippen molar-refractivity contribution in [2.75, 3.05) is 20.1 Å². The lowest BCUT2D eigenvalue weighted by Gasteiger charge is -2.21. The van der Waals surface area contributed by atoms with E-state index in [1.165, 1.54) is 0 Å². The van der Waals surface area contributed by atoms with Crippen LogP contribution in [0.5, 0.6) is 0 Å². The summed E-state index contributed by atoms with van der Waals surface area (Å²) in [5.74, 6) is 0.582. The molecule has 7 nitrogen and oxygen atoms in total. The van der Waals surface area contributed by atoms with Crippen LogP contribution in [-0.4, -0.2) is 56.3 Å². The summed E-state index contributed by atoms with van der Waals surface area (Å²) >= 11 is 0. The van der Waals surface area contributed by atoms with Crippen molar-refractivity contribution in [3.8, 4) is 0 Å². The number of carbonyl (C=O) groups is 2. The molecule has 0 N–H and O–H groups in total. The molecule has 2 amide bonds. The summed E-state index contributed by atoms with van der Waals surface area (Å²) in [7, 11) is 1.73. The third-order valence-electron chi connectivity index (χ3n) is 4.78. The number of imidazole rings is 1. The number of nitrogens with zero attached hydrogens (tertiary/aromatic N) is 5. The van der Waals surface area contributed by atoms with Gasteiger partial charge in [0.2, 0.25) is 5.91 Å². The predicted molar refractivity (Wildman–Crippen MR) is 108 cm³/mol. The summed E-state index contributed by atoms with van der Waals surface area (Å²) in [5, 5.41) is 0. The van der Waals surface area contributed by atoms with E-state index < -0.39 is 0 Å². The highest BCUT2D eigenvalue weighted by atomic mass is 16.2. The molecule has 0 unspecified atom stereocenters. The van der Waals surface area contributed by atoms with Gasteiger partial charge >= 0.3 is 0 Å². The zero-order valence-electron chi connectivity index (χ0n) is 16.5. The quantitative estimate of drug-likeness (QED) is 0.633. The molecule has 0 spiro atoms. The van der Waals surface area contributed by atoms with Gasteiger partial charge in [0.25, 0.3) is 5.91 Å². The topological polar surface area (TPSA) is 71.3 Å². The maximum Gasteiger partial charge on any atom is 0.255 e. The summed E-state index contributed by atoms with van der Waals surface area (Å²) in [6, 6.07) is 11.2.